The second kappa shape index (κ2) is 5.85. The van der Waals surface area contributed by atoms with Gasteiger partial charge in [0.2, 0.25) is 0 Å². The van der Waals surface area contributed by atoms with Crippen molar-refractivity contribution in [2.24, 2.45) is 0 Å². The Labute approximate surface area is 142 Å². The first-order chi connectivity index (χ1) is 10.8. The Kier molecular flexibility index (Phi) is 4.16. The summed E-state index contributed by atoms with van der Waals surface area (Å²) in [7, 11) is -3.26. The third kappa shape index (κ3) is 3.24. The first-order valence-corrected chi connectivity index (χ1v) is 9.79. The molecule has 0 aliphatic carbocycles. The minimum absolute atomic E-state index is 0.266. The lowest BCUT2D eigenvalue weighted by Gasteiger charge is -2.05. The van der Waals surface area contributed by atoms with Crippen LogP contribution in [0.15, 0.2) is 51.1 Å². The van der Waals surface area contributed by atoms with Crippen molar-refractivity contribution in [3.63, 3.8) is 0 Å². The number of fused-ring (bicyclic) bond motifs is 1. The third-order valence-electron chi connectivity index (χ3n) is 3.43. The van der Waals surface area contributed by atoms with Crippen LogP contribution in [0.25, 0.3) is 10.9 Å². The Morgan fingerprint density at radius 2 is 1.91 bits per heavy atom. The normalized spacial score (nSPS) is 12.0. The third-order valence-corrected chi connectivity index (χ3v) is 6.27. The van der Waals surface area contributed by atoms with E-state index in [1.165, 1.54) is 30.2 Å². The van der Waals surface area contributed by atoms with E-state index in [0.717, 1.165) is 26.4 Å². The van der Waals surface area contributed by atoms with Gasteiger partial charge in [0.1, 0.15) is 5.82 Å². The number of benzene rings is 2. The molecule has 23 heavy (non-hydrogen) atoms. The summed E-state index contributed by atoms with van der Waals surface area (Å²) in [5, 5.41) is 1.25. The zero-order chi connectivity index (χ0) is 16.8. The van der Waals surface area contributed by atoms with Crippen LogP contribution in [0.5, 0.6) is 0 Å². The summed E-state index contributed by atoms with van der Waals surface area (Å²) in [5.74, 6) is -0.382. The lowest BCUT2D eigenvalue weighted by molar-refractivity contribution is 0.602. The van der Waals surface area contributed by atoms with Crippen LogP contribution in [0.4, 0.5) is 4.39 Å². The number of rotatable bonds is 3. The average molecular weight is 370 g/mol. The van der Waals surface area contributed by atoms with Crippen LogP contribution in [0.3, 0.4) is 0 Å². The molecule has 0 aliphatic heterocycles. The van der Waals surface area contributed by atoms with Crippen molar-refractivity contribution < 1.29 is 12.8 Å². The van der Waals surface area contributed by atoms with Gasteiger partial charge in [0.15, 0.2) is 9.84 Å². The van der Waals surface area contributed by atoms with Crippen LogP contribution >= 0.6 is 23.4 Å². The maximum absolute atomic E-state index is 13.2. The zero-order valence-electron chi connectivity index (χ0n) is 12.4. The maximum Gasteiger partial charge on any atom is 0.175 e. The summed E-state index contributed by atoms with van der Waals surface area (Å²) in [6.45, 7) is 1.90. The molecule has 3 aromatic rings. The van der Waals surface area contributed by atoms with E-state index in [-0.39, 0.29) is 10.7 Å². The summed E-state index contributed by atoms with van der Waals surface area (Å²) in [5.41, 5.74) is 1.64. The van der Waals surface area contributed by atoms with Crippen molar-refractivity contribution in [3.8, 4) is 0 Å². The molecule has 0 fully saturated rings. The summed E-state index contributed by atoms with van der Waals surface area (Å²) < 4.78 is 36.5. The Bertz CT molecular complexity index is 1010. The Hall–Kier alpha value is -1.50. The zero-order valence-corrected chi connectivity index (χ0v) is 14.7. The number of H-pyrrole nitrogens is 1. The number of aryl methyl sites for hydroxylation is 1. The molecular weight excluding hydrogens is 357 g/mol. The second-order valence-electron chi connectivity index (χ2n) is 5.24. The van der Waals surface area contributed by atoms with Gasteiger partial charge in [-0.1, -0.05) is 29.4 Å². The highest BCUT2D eigenvalue weighted by Gasteiger charge is 2.15. The van der Waals surface area contributed by atoms with E-state index in [1.54, 1.807) is 24.3 Å². The van der Waals surface area contributed by atoms with Crippen molar-refractivity contribution in [2.75, 3.05) is 6.26 Å². The van der Waals surface area contributed by atoms with Crippen LogP contribution in [0, 0.1) is 12.7 Å². The largest absolute Gasteiger partial charge is 0.358 e. The van der Waals surface area contributed by atoms with Gasteiger partial charge in [0, 0.05) is 32.6 Å². The van der Waals surface area contributed by atoms with E-state index >= 15 is 0 Å². The average Bonchev–Trinajstić information content (AvgIpc) is 2.76. The van der Waals surface area contributed by atoms with Gasteiger partial charge in [-0.2, -0.15) is 0 Å². The lowest BCUT2D eigenvalue weighted by atomic mass is 10.2. The molecule has 3 nitrogen and oxygen atoms in total. The van der Waals surface area contributed by atoms with Gasteiger partial charge in [-0.25, -0.2) is 12.8 Å². The highest BCUT2D eigenvalue weighted by molar-refractivity contribution is 7.99. The number of hydrogen-bond acceptors (Lipinski definition) is 3. The van der Waals surface area contributed by atoms with Crippen molar-refractivity contribution in [1.82, 2.24) is 4.98 Å². The molecule has 1 heterocycles. The fourth-order valence-corrected chi connectivity index (χ4v) is 4.25. The summed E-state index contributed by atoms with van der Waals surface area (Å²) in [6.07, 6.45) is 1.18. The first-order valence-electron chi connectivity index (χ1n) is 6.71. The predicted molar refractivity (Wildman–Crippen MR) is 91.7 cm³/mol. The van der Waals surface area contributed by atoms with Crippen molar-refractivity contribution in [1.29, 1.82) is 0 Å². The van der Waals surface area contributed by atoms with Gasteiger partial charge < -0.3 is 4.98 Å². The van der Waals surface area contributed by atoms with Gasteiger partial charge in [-0.3, -0.25) is 0 Å². The van der Waals surface area contributed by atoms with E-state index in [2.05, 4.69) is 4.98 Å². The van der Waals surface area contributed by atoms with Gasteiger partial charge in [0.25, 0.3) is 0 Å². The van der Waals surface area contributed by atoms with Crippen molar-refractivity contribution in [2.45, 2.75) is 21.6 Å². The predicted octanol–water partition coefficient (Wildman–Crippen LogP) is 4.82. The van der Waals surface area contributed by atoms with E-state index in [0.29, 0.717) is 5.02 Å². The molecule has 0 bridgehead atoms. The van der Waals surface area contributed by atoms with Crippen LogP contribution in [0.1, 0.15) is 5.69 Å². The van der Waals surface area contributed by atoms with Gasteiger partial charge in [0.05, 0.1) is 9.92 Å². The molecule has 3 rings (SSSR count). The molecule has 0 saturated carbocycles. The van der Waals surface area contributed by atoms with Crippen LogP contribution < -0.4 is 0 Å². The molecule has 0 unspecified atom stereocenters. The number of aromatic nitrogens is 1. The Balaban J connectivity index is 2.09. The number of nitrogens with one attached hydrogen (secondary N) is 1. The summed E-state index contributed by atoms with van der Waals surface area (Å²) in [6, 6.07) is 9.24. The highest BCUT2D eigenvalue weighted by atomic mass is 35.5. The standard InChI is InChI=1S/C16H13ClFNO2S2/c1-9-16(22-15-6-3-10(18)7-13(15)17)12-5-4-11(23(2,20)21)8-14(12)19-9/h3-8,19H,1-2H3. The van der Waals surface area contributed by atoms with Gasteiger partial charge >= 0.3 is 0 Å². The smallest absolute Gasteiger partial charge is 0.175 e. The quantitative estimate of drug-likeness (QED) is 0.719. The second-order valence-corrected chi connectivity index (χ2v) is 8.71. The van der Waals surface area contributed by atoms with Crippen LogP contribution in [0.2, 0.25) is 5.02 Å². The Morgan fingerprint density at radius 1 is 1.17 bits per heavy atom. The lowest BCUT2D eigenvalue weighted by Crippen LogP contribution is -1.96. The molecule has 0 amide bonds. The SMILES string of the molecule is Cc1[nH]c2cc(S(C)(=O)=O)ccc2c1Sc1ccc(F)cc1Cl. The molecule has 0 spiro atoms. The minimum Gasteiger partial charge on any atom is -0.358 e. The van der Waals surface area contributed by atoms with Crippen LogP contribution in [-0.2, 0) is 9.84 Å². The fourth-order valence-electron chi connectivity index (χ4n) is 2.32. The molecule has 2 aromatic carbocycles. The van der Waals surface area contributed by atoms with E-state index in [4.69, 9.17) is 11.6 Å². The molecule has 7 heteroatoms. The molecule has 120 valence electrons. The van der Waals surface area contributed by atoms with Crippen molar-refractivity contribution >= 4 is 44.1 Å². The molecular formula is C16H13ClFNO2S2. The van der Waals surface area contributed by atoms with Crippen LogP contribution in [-0.4, -0.2) is 19.7 Å². The number of halogens is 2. The van der Waals surface area contributed by atoms with E-state index in [9.17, 15) is 12.8 Å². The topological polar surface area (TPSA) is 49.9 Å². The molecule has 1 N–H and O–H groups in total. The molecule has 0 saturated heterocycles. The van der Waals surface area contributed by atoms with E-state index < -0.39 is 9.84 Å². The van der Waals surface area contributed by atoms with E-state index in [1.807, 2.05) is 6.92 Å². The summed E-state index contributed by atoms with van der Waals surface area (Å²) in [4.78, 5) is 5.13. The number of hydrogen-bond donors (Lipinski definition) is 1. The van der Waals surface area contributed by atoms with Gasteiger partial charge in [-0.05, 0) is 37.3 Å². The van der Waals surface area contributed by atoms with Gasteiger partial charge in [-0.15, -0.1) is 0 Å². The molecule has 0 atom stereocenters. The Morgan fingerprint density at radius 3 is 2.57 bits per heavy atom. The number of aromatic amines is 1. The molecule has 0 radical (unpaired) electrons. The van der Waals surface area contributed by atoms with Crippen molar-refractivity contribution in [3.05, 3.63) is 52.9 Å². The fraction of sp³-hybridized carbons (Fsp3) is 0.125. The maximum atomic E-state index is 13.2. The minimum atomic E-state index is -3.26. The monoisotopic (exact) mass is 369 g/mol. The summed E-state index contributed by atoms with van der Waals surface area (Å²) >= 11 is 7.50. The number of sulfone groups is 1. The first kappa shape index (κ1) is 16.4. The molecule has 1 aromatic heterocycles. The highest BCUT2D eigenvalue weighted by Crippen LogP contribution is 2.40. The molecule has 0 aliphatic rings.